The zero-order chi connectivity index (χ0) is 17.3. The van der Waals surface area contributed by atoms with Crippen molar-refractivity contribution in [3.8, 4) is 0 Å². The van der Waals surface area contributed by atoms with Gasteiger partial charge in [0.05, 0.1) is 19.2 Å². The van der Waals surface area contributed by atoms with Gasteiger partial charge in [0.1, 0.15) is 15.9 Å². The molecule has 1 N–H and O–H groups in total. The maximum atomic E-state index is 12.1. The van der Waals surface area contributed by atoms with E-state index in [0.29, 0.717) is 16.8 Å². The van der Waals surface area contributed by atoms with Gasteiger partial charge in [-0.15, -0.1) is 0 Å². The monoisotopic (exact) mass is 387 g/mol. The van der Waals surface area contributed by atoms with Crippen LogP contribution in [0, 0.1) is 0 Å². The molecule has 8 heteroatoms. The largest absolute Gasteiger partial charge is 0.464 e. The van der Waals surface area contributed by atoms with E-state index in [0.717, 1.165) is 19.3 Å². The van der Waals surface area contributed by atoms with Gasteiger partial charge in [-0.05, 0) is 56.0 Å². The molecular weight excluding hydrogens is 366 g/mol. The first-order valence-electron chi connectivity index (χ1n) is 7.47. The lowest BCUT2D eigenvalue weighted by molar-refractivity contribution is 0.0349. The number of amides is 1. The van der Waals surface area contributed by atoms with Gasteiger partial charge >= 0.3 is 12.1 Å². The van der Waals surface area contributed by atoms with Crippen LogP contribution in [0.15, 0.2) is 10.7 Å². The summed E-state index contributed by atoms with van der Waals surface area (Å²) in [6, 6.07) is 1.60. The van der Waals surface area contributed by atoms with Crippen LogP contribution in [-0.2, 0) is 16.0 Å². The molecule has 0 saturated heterocycles. The van der Waals surface area contributed by atoms with E-state index >= 15 is 0 Å². The lowest BCUT2D eigenvalue weighted by atomic mass is 9.76. The molecule has 2 rings (SSSR count). The second-order valence-corrected chi connectivity index (χ2v) is 7.57. The van der Waals surface area contributed by atoms with Crippen molar-refractivity contribution >= 4 is 28.0 Å². The van der Waals surface area contributed by atoms with Crippen LogP contribution in [-0.4, -0.2) is 40.1 Å². The second kappa shape index (κ2) is 6.51. The first kappa shape index (κ1) is 17.8. The standard InChI is InChI=1S/C15H22BrN3O4/c1-14(2,3)23-13(21)17-15(6-5-7-15)9-19-10(12(20)22-4)8-11(16)18-19/h8H,5-7,9H2,1-4H3,(H,17,21). The van der Waals surface area contributed by atoms with Crippen molar-refractivity contribution in [2.75, 3.05) is 7.11 Å². The molecule has 0 aromatic carbocycles. The first-order valence-corrected chi connectivity index (χ1v) is 8.26. The van der Waals surface area contributed by atoms with E-state index in [-0.39, 0.29) is 0 Å². The van der Waals surface area contributed by atoms with E-state index in [4.69, 9.17) is 9.47 Å². The molecule has 0 radical (unpaired) electrons. The number of hydrogen-bond donors (Lipinski definition) is 1. The van der Waals surface area contributed by atoms with Crippen LogP contribution in [0.4, 0.5) is 4.79 Å². The molecule has 1 aromatic rings. The maximum Gasteiger partial charge on any atom is 0.408 e. The summed E-state index contributed by atoms with van der Waals surface area (Å²) in [5, 5.41) is 7.21. The number of esters is 1. The normalized spacial score (nSPS) is 16.4. The summed E-state index contributed by atoms with van der Waals surface area (Å²) >= 11 is 3.27. The van der Waals surface area contributed by atoms with Crippen molar-refractivity contribution in [1.29, 1.82) is 0 Å². The van der Waals surface area contributed by atoms with Gasteiger partial charge in [-0.1, -0.05) is 0 Å². The minimum atomic E-state index is -0.555. The highest BCUT2D eigenvalue weighted by Gasteiger charge is 2.41. The van der Waals surface area contributed by atoms with Crippen molar-refractivity contribution in [1.82, 2.24) is 15.1 Å². The van der Waals surface area contributed by atoms with E-state index in [2.05, 4.69) is 26.3 Å². The van der Waals surface area contributed by atoms with Crippen LogP contribution in [0.5, 0.6) is 0 Å². The molecule has 1 aliphatic rings. The Balaban J connectivity index is 2.13. The molecule has 1 amide bonds. The molecule has 1 aromatic heterocycles. The number of alkyl carbamates (subject to hydrolysis) is 1. The first-order chi connectivity index (χ1) is 10.6. The number of aromatic nitrogens is 2. The van der Waals surface area contributed by atoms with Crippen LogP contribution in [0.3, 0.4) is 0 Å². The van der Waals surface area contributed by atoms with Gasteiger partial charge in [0.2, 0.25) is 0 Å². The number of nitrogens with zero attached hydrogens (tertiary/aromatic N) is 2. The molecule has 0 aliphatic heterocycles. The third kappa shape index (κ3) is 4.46. The molecule has 0 bridgehead atoms. The van der Waals surface area contributed by atoms with Gasteiger partial charge in [-0.2, -0.15) is 5.10 Å². The molecule has 0 atom stereocenters. The van der Waals surface area contributed by atoms with Crippen molar-refractivity contribution in [3.63, 3.8) is 0 Å². The Morgan fingerprint density at radius 2 is 2.09 bits per heavy atom. The fraction of sp³-hybridized carbons (Fsp3) is 0.667. The van der Waals surface area contributed by atoms with Crippen LogP contribution < -0.4 is 5.32 Å². The number of methoxy groups -OCH3 is 1. The quantitative estimate of drug-likeness (QED) is 0.803. The summed E-state index contributed by atoms with van der Waals surface area (Å²) in [6.45, 7) is 5.85. The van der Waals surface area contributed by atoms with E-state index < -0.39 is 23.2 Å². The number of halogens is 1. The lowest BCUT2D eigenvalue weighted by Gasteiger charge is -2.42. The Morgan fingerprint density at radius 1 is 1.43 bits per heavy atom. The third-order valence-electron chi connectivity index (χ3n) is 3.67. The summed E-state index contributed by atoms with van der Waals surface area (Å²) in [7, 11) is 1.33. The van der Waals surface area contributed by atoms with Gasteiger partial charge < -0.3 is 14.8 Å². The predicted octanol–water partition coefficient (Wildman–Crippen LogP) is 2.88. The van der Waals surface area contributed by atoms with Gasteiger partial charge in [-0.3, -0.25) is 4.68 Å². The highest BCUT2D eigenvalue weighted by atomic mass is 79.9. The lowest BCUT2D eigenvalue weighted by Crippen LogP contribution is -2.57. The summed E-state index contributed by atoms with van der Waals surface area (Å²) in [5.41, 5.74) is -0.658. The minimum absolute atomic E-state index is 0.344. The summed E-state index contributed by atoms with van der Waals surface area (Å²) in [4.78, 5) is 23.9. The number of carbonyl (C=O) groups excluding carboxylic acids is 2. The SMILES string of the molecule is COC(=O)c1cc(Br)nn1CC1(NC(=O)OC(C)(C)C)CCC1. The van der Waals surface area contributed by atoms with E-state index in [1.54, 1.807) is 10.7 Å². The Kier molecular flexibility index (Phi) is 5.03. The predicted molar refractivity (Wildman–Crippen MR) is 87.2 cm³/mol. The number of nitrogens with one attached hydrogen (secondary N) is 1. The highest BCUT2D eigenvalue weighted by Crippen LogP contribution is 2.34. The van der Waals surface area contributed by atoms with Crippen LogP contribution in [0.1, 0.15) is 50.5 Å². The Hall–Kier alpha value is -1.57. The van der Waals surface area contributed by atoms with E-state index in [1.165, 1.54) is 7.11 Å². The summed E-state index contributed by atoms with van der Waals surface area (Å²) in [6.07, 6.45) is 2.17. The average molecular weight is 388 g/mol. The average Bonchev–Trinajstić information content (AvgIpc) is 2.73. The number of carbonyl (C=O) groups is 2. The van der Waals surface area contributed by atoms with Crippen molar-refractivity contribution in [2.24, 2.45) is 0 Å². The zero-order valence-electron chi connectivity index (χ0n) is 13.8. The third-order valence-corrected chi connectivity index (χ3v) is 4.06. The zero-order valence-corrected chi connectivity index (χ0v) is 15.4. The molecule has 0 spiro atoms. The molecule has 1 heterocycles. The summed E-state index contributed by atoms with van der Waals surface area (Å²) < 4.78 is 12.2. The molecule has 1 fully saturated rings. The van der Waals surface area contributed by atoms with Gasteiger partial charge in [0.15, 0.2) is 0 Å². The fourth-order valence-corrected chi connectivity index (χ4v) is 2.92. The molecule has 0 unspecified atom stereocenters. The van der Waals surface area contributed by atoms with Gasteiger partial charge in [-0.25, -0.2) is 9.59 Å². The van der Waals surface area contributed by atoms with Crippen LogP contribution in [0.25, 0.3) is 0 Å². The van der Waals surface area contributed by atoms with Crippen molar-refractivity contribution in [3.05, 3.63) is 16.4 Å². The Bertz CT molecular complexity index is 602. The molecule has 23 heavy (non-hydrogen) atoms. The fourth-order valence-electron chi connectivity index (χ4n) is 2.51. The Labute approximate surface area is 143 Å². The van der Waals surface area contributed by atoms with Crippen LogP contribution >= 0.6 is 15.9 Å². The molecular formula is C15H22BrN3O4. The van der Waals surface area contributed by atoms with Crippen molar-refractivity contribution < 1.29 is 19.1 Å². The highest BCUT2D eigenvalue weighted by molar-refractivity contribution is 9.10. The number of rotatable bonds is 4. The minimum Gasteiger partial charge on any atom is -0.464 e. The molecule has 1 saturated carbocycles. The molecule has 1 aliphatic carbocycles. The Morgan fingerprint density at radius 3 is 2.57 bits per heavy atom. The van der Waals surface area contributed by atoms with E-state index in [1.807, 2.05) is 20.8 Å². The smallest absolute Gasteiger partial charge is 0.408 e. The van der Waals surface area contributed by atoms with E-state index in [9.17, 15) is 9.59 Å². The van der Waals surface area contributed by atoms with Gasteiger partial charge in [0.25, 0.3) is 0 Å². The van der Waals surface area contributed by atoms with Gasteiger partial charge in [0, 0.05) is 6.07 Å². The second-order valence-electron chi connectivity index (χ2n) is 6.76. The number of ether oxygens (including phenoxy) is 2. The topological polar surface area (TPSA) is 82.5 Å². The molecule has 128 valence electrons. The van der Waals surface area contributed by atoms with Crippen LogP contribution in [0.2, 0.25) is 0 Å². The van der Waals surface area contributed by atoms with Crippen molar-refractivity contribution in [2.45, 2.75) is 57.7 Å². The summed E-state index contributed by atoms with van der Waals surface area (Å²) in [5.74, 6) is -0.463. The molecule has 7 nitrogen and oxygen atoms in total. The maximum absolute atomic E-state index is 12.1. The number of hydrogen-bond acceptors (Lipinski definition) is 5.